The van der Waals surface area contributed by atoms with E-state index in [1.54, 1.807) is 6.92 Å². The zero-order valence-corrected chi connectivity index (χ0v) is 19.1. The van der Waals surface area contributed by atoms with Crippen LogP contribution in [0, 0.1) is 11.8 Å². The number of carbonyl (C=O) groups is 1. The second-order valence-corrected chi connectivity index (χ2v) is 7.88. The van der Waals surface area contributed by atoms with E-state index in [4.69, 9.17) is 9.84 Å². The summed E-state index contributed by atoms with van der Waals surface area (Å²) in [6.45, 7) is 10.9. The van der Waals surface area contributed by atoms with Crippen molar-refractivity contribution in [1.82, 2.24) is 0 Å². The van der Waals surface area contributed by atoms with Gasteiger partial charge >= 0.3 is 5.97 Å². The molecule has 0 aromatic heterocycles. The maximum absolute atomic E-state index is 11.0. The second kappa shape index (κ2) is 14.3. The molecule has 1 aromatic carbocycles. The van der Waals surface area contributed by atoms with Gasteiger partial charge in [0.25, 0.3) is 0 Å². The molecule has 1 rings (SSSR count). The lowest BCUT2D eigenvalue weighted by Crippen LogP contribution is -2.04. The molecule has 3 nitrogen and oxygen atoms in total. The highest BCUT2D eigenvalue weighted by atomic mass is 16.5. The summed E-state index contributed by atoms with van der Waals surface area (Å²) in [4.78, 5) is 11.0. The maximum atomic E-state index is 11.0. The van der Waals surface area contributed by atoms with E-state index in [2.05, 4.69) is 57.8 Å². The van der Waals surface area contributed by atoms with Gasteiger partial charge < -0.3 is 9.84 Å². The summed E-state index contributed by atoms with van der Waals surface area (Å²) in [5, 5.41) is 9.04. The van der Waals surface area contributed by atoms with Gasteiger partial charge in [0, 0.05) is 0 Å². The number of aliphatic carboxylic acids is 1. The molecule has 0 radical (unpaired) electrons. The van der Waals surface area contributed by atoms with Crippen LogP contribution in [-0.2, 0) is 4.79 Å². The second-order valence-electron chi connectivity index (χ2n) is 7.88. The third kappa shape index (κ3) is 11.3. The first kappa shape index (κ1) is 25.3. The van der Waals surface area contributed by atoms with E-state index in [1.165, 1.54) is 16.7 Å². The average Bonchev–Trinajstić information content (AvgIpc) is 2.67. The summed E-state index contributed by atoms with van der Waals surface area (Å²) in [6.07, 6.45) is 11.1. The molecule has 0 spiro atoms. The van der Waals surface area contributed by atoms with Crippen LogP contribution >= 0.6 is 0 Å². The number of carboxylic acid groups (broad SMARTS) is 1. The first-order valence-electron chi connectivity index (χ1n) is 10.6. The normalized spacial score (nSPS) is 12.6. The van der Waals surface area contributed by atoms with Gasteiger partial charge in [-0.05, 0) is 84.1 Å². The lowest BCUT2D eigenvalue weighted by molar-refractivity contribution is -0.137. The molecular formula is C27H36O3. The summed E-state index contributed by atoms with van der Waals surface area (Å²) in [5.74, 6) is 5.41. The van der Waals surface area contributed by atoms with Crippen LogP contribution in [0.4, 0.5) is 0 Å². The van der Waals surface area contributed by atoms with Crippen LogP contribution in [0.25, 0.3) is 0 Å². The number of hydrogen-bond acceptors (Lipinski definition) is 2. The molecular weight excluding hydrogens is 372 g/mol. The predicted molar refractivity (Wildman–Crippen MR) is 126 cm³/mol. The van der Waals surface area contributed by atoms with Crippen LogP contribution in [0.2, 0.25) is 0 Å². The molecule has 0 heterocycles. The molecule has 0 aliphatic rings. The highest BCUT2D eigenvalue weighted by Gasteiger charge is 2.13. The van der Waals surface area contributed by atoms with Gasteiger partial charge in [-0.15, -0.1) is 5.92 Å². The van der Waals surface area contributed by atoms with E-state index in [0.717, 1.165) is 37.0 Å². The van der Waals surface area contributed by atoms with Crippen molar-refractivity contribution in [2.45, 2.75) is 72.6 Å². The zero-order valence-electron chi connectivity index (χ0n) is 19.1. The summed E-state index contributed by atoms with van der Waals surface area (Å²) in [7, 11) is 0. The Balaban J connectivity index is 2.46. The Labute approximate surface area is 182 Å². The van der Waals surface area contributed by atoms with Crippen molar-refractivity contribution in [2.75, 3.05) is 6.61 Å². The molecule has 0 aliphatic carbocycles. The summed E-state index contributed by atoms with van der Waals surface area (Å²) < 4.78 is 5.80. The van der Waals surface area contributed by atoms with Crippen LogP contribution in [0.3, 0.4) is 0 Å². The number of benzene rings is 1. The number of allylic oxidation sites excluding steroid dienone is 5. The zero-order chi connectivity index (χ0) is 22.4. The Kier molecular flexibility index (Phi) is 12.0. The largest absolute Gasteiger partial charge is 0.490 e. The monoisotopic (exact) mass is 408 g/mol. The fourth-order valence-corrected chi connectivity index (χ4v) is 3.02. The Morgan fingerprint density at radius 1 is 1.00 bits per heavy atom. The van der Waals surface area contributed by atoms with Gasteiger partial charge in [0.15, 0.2) is 0 Å². The quantitative estimate of drug-likeness (QED) is 0.297. The molecule has 0 fully saturated rings. The van der Waals surface area contributed by atoms with Crippen molar-refractivity contribution in [2.24, 2.45) is 0 Å². The Morgan fingerprint density at radius 3 is 2.17 bits per heavy atom. The molecule has 0 unspecified atom stereocenters. The Morgan fingerprint density at radius 2 is 1.60 bits per heavy atom. The minimum Gasteiger partial charge on any atom is -0.490 e. The van der Waals surface area contributed by atoms with E-state index in [0.29, 0.717) is 6.61 Å². The number of ether oxygens (including phenoxy) is 1. The summed E-state index contributed by atoms with van der Waals surface area (Å²) in [6, 6.07) is 7.55. The van der Waals surface area contributed by atoms with Crippen LogP contribution < -0.4 is 4.74 Å². The fourth-order valence-electron chi connectivity index (χ4n) is 3.02. The van der Waals surface area contributed by atoms with Gasteiger partial charge in [0.05, 0.1) is 12.3 Å². The molecule has 0 saturated carbocycles. The molecule has 162 valence electrons. The number of carboxylic acids is 1. The molecule has 1 atom stereocenters. The highest BCUT2D eigenvalue weighted by molar-refractivity contribution is 5.69. The Bertz CT molecular complexity index is 810. The van der Waals surface area contributed by atoms with E-state index < -0.39 is 5.97 Å². The summed E-state index contributed by atoms with van der Waals surface area (Å²) >= 11 is 0. The standard InChI is InChI=1S/C27H36O3/c1-6-9-25(20-27(28)29)24-14-16-26(17-15-24)30-19-18-23(5)13-8-12-22(4)11-7-10-21(2)3/h10,12,14-18,25H,7-8,11,13,19-20H2,1-5H3,(H,28,29)/b22-12+,23-18+/t25-/m0/s1. The van der Waals surface area contributed by atoms with Crippen molar-refractivity contribution in [3.05, 3.63) is 64.8 Å². The minimum atomic E-state index is -0.846. The van der Waals surface area contributed by atoms with Crippen LogP contribution in [-0.4, -0.2) is 17.7 Å². The fraction of sp³-hybridized carbons (Fsp3) is 0.444. The number of rotatable bonds is 12. The minimum absolute atomic E-state index is 0.00580. The lowest BCUT2D eigenvalue weighted by Gasteiger charge is -2.10. The topological polar surface area (TPSA) is 46.5 Å². The SMILES string of the molecule is CC#C[C@@H](CC(=O)O)c1ccc(OC/C=C(\C)CC/C=C(\C)CCC=C(C)C)cc1. The molecule has 30 heavy (non-hydrogen) atoms. The predicted octanol–water partition coefficient (Wildman–Crippen LogP) is 7.07. The smallest absolute Gasteiger partial charge is 0.304 e. The molecule has 0 amide bonds. The number of hydrogen-bond donors (Lipinski definition) is 1. The third-order valence-electron chi connectivity index (χ3n) is 4.78. The molecule has 1 aromatic rings. The van der Waals surface area contributed by atoms with Crippen LogP contribution in [0.15, 0.2) is 59.2 Å². The van der Waals surface area contributed by atoms with Crippen molar-refractivity contribution in [3.63, 3.8) is 0 Å². The average molecular weight is 409 g/mol. The van der Waals surface area contributed by atoms with Gasteiger partial charge in [-0.25, -0.2) is 0 Å². The van der Waals surface area contributed by atoms with Crippen molar-refractivity contribution >= 4 is 5.97 Å². The van der Waals surface area contributed by atoms with Gasteiger partial charge in [0.2, 0.25) is 0 Å². The maximum Gasteiger partial charge on any atom is 0.304 e. The van der Waals surface area contributed by atoms with E-state index >= 15 is 0 Å². The van der Waals surface area contributed by atoms with Crippen molar-refractivity contribution in [1.29, 1.82) is 0 Å². The molecule has 0 bridgehead atoms. The van der Waals surface area contributed by atoms with E-state index in [1.807, 2.05) is 24.3 Å². The first-order valence-corrected chi connectivity index (χ1v) is 10.6. The van der Waals surface area contributed by atoms with E-state index in [9.17, 15) is 4.79 Å². The van der Waals surface area contributed by atoms with Gasteiger partial charge in [-0.3, -0.25) is 4.79 Å². The molecule has 0 aliphatic heterocycles. The van der Waals surface area contributed by atoms with Crippen LogP contribution in [0.5, 0.6) is 5.75 Å². The Hall–Kier alpha value is -2.73. The highest BCUT2D eigenvalue weighted by Crippen LogP contribution is 2.22. The molecule has 0 saturated heterocycles. The van der Waals surface area contributed by atoms with Gasteiger partial charge in [-0.1, -0.05) is 46.9 Å². The van der Waals surface area contributed by atoms with Gasteiger partial charge in [-0.2, -0.15) is 0 Å². The summed E-state index contributed by atoms with van der Waals surface area (Å²) in [5.41, 5.74) is 5.05. The lowest BCUT2D eigenvalue weighted by atomic mass is 9.96. The van der Waals surface area contributed by atoms with Crippen LogP contribution in [0.1, 0.15) is 78.2 Å². The molecule has 1 N–H and O–H groups in total. The van der Waals surface area contributed by atoms with E-state index in [-0.39, 0.29) is 12.3 Å². The first-order chi connectivity index (χ1) is 14.3. The third-order valence-corrected chi connectivity index (χ3v) is 4.78. The van der Waals surface area contributed by atoms with Gasteiger partial charge in [0.1, 0.15) is 12.4 Å². The van der Waals surface area contributed by atoms with Crippen molar-refractivity contribution in [3.8, 4) is 17.6 Å². The van der Waals surface area contributed by atoms with Crippen molar-refractivity contribution < 1.29 is 14.6 Å². The molecule has 3 heteroatoms.